The van der Waals surface area contributed by atoms with Crippen molar-refractivity contribution in [2.24, 2.45) is 5.92 Å². The number of aromatic nitrogens is 1. The Morgan fingerprint density at radius 2 is 2.12 bits per heavy atom. The highest BCUT2D eigenvalue weighted by molar-refractivity contribution is 5.42. The van der Waals surface area contributed by atoms with Crippen molar-refractivity contribution in [3.8, 4) is 11.5 Å². The van der Waals surface area contributed by atoms with E-state index in [-0.39, 0.29) is 0 Å². The van der Waals surface area contributed by atoms with Crippen molar-refractivity contribution in [1.29, 1.82) is 0 Å². The first-order chi connectivity index (χ1) is 12.2. The van der Waals surface area contributed by atoms with Crippen molar-refractivity contribution < 1.29 is 14.0 Å². The number of aryl methyl sites for hydroxylation is 1. The third-order valence-corrected chi connectivity index (χ3v) is 4.90. The summed E-state index contributed by atoms with van der Waals surface area (Å²) in [5, 5.41) is 7.72. The number of hydrogen-bond acceptors (Lipinski definition) is 5. The van der Waals surface area contributed by atoms with Gasteiger partial charge < -0.3 is 19.3 Å². The van der Waals surface area contributed by atoms with Gasteiger partial charge in [0.05, 0.1) is 19.4 Å². The first-order valence-corrected chi connectivity index (χ1v) is 9.15. The van der Waals surface area contributed by atoms with E-state index in [1.807, 2.05) is 26.0 Å². The SMILES string of the molecule is CCOc1cc(CN[C@@H]2CCC[C@H]2Cc2cc(C)no2)ccc1OC. The summed E-state index contributed by atoms with van der Waals surface area (Å²) in [7, 11) is 1.67. The molecule has 5 nitrogen and oxygen atoms in total. The smallest absolute Gasteiger partial charge is 0.161 e. The summed E-state index contributed by atoms with van der Waals surface area (Å²) in [5.41, 5.74) is 2.17. The zero-order valence-corrected chi connectivity index (χ0v) is 15.4. The van der Waals surface area contributed by atoms with Crippen molar-refractivity contribution in [2.45, 2.75) is 52.1 Å². The van der Waals surface area contributed by atoms with Gasteiger partial charge in [0, 0.05) is 25.1 Å². The van der Waals surface area contributed by atoms with Crippen LogP contribution in [0.25, 0.3) is 0 Å². The van der Waals surface area contributed by atoms with Gasteiger partial charge in [-0.2, -0.15) is 0 Å². The first-order valence-electron chi connectivity index (χ1n) is 9.15. The van der Waals surface area contributed by atoms with E-state index in [2.05, 4.69) is 22.6 Å². The van der Waals surface area contributed by atoms with Gasteiger partial charge in [-0.05, 0) is 50.3 Å². The summed E-state index contributed by atoms with van der Waals surface area (Å²) in [6, 6.07) is 8.71. The minimum atomic E-state index is 0.517. The molecule has 2 aromatic rings. The van der Waals surface area contributed by atoms with Crippen LogP contribution in [0, 0.1) is 12.8 Å². The maximum atomic E-state index is 5.67. The van der Waals surface area contributed by atoms with Crippen LogP contribution in [-0.4, -0.2) is 24.9 Å². The second-order valence-corrected chi connectivity index (χ2v) is 6.74. The van der Waals surface area contributed by atoms with Gasteiger partial charge in [-0.15, -0.1) is 0 Å². The molecule has 1 aromatic heterocycles. The molecule has 0 unspecified atom stereocenters. The van der Waals surface area contributed by atoms with Crippen LogP contribution in [-0.2, 0) is 13.0 Å². The van der Waals surface area contributed by atoms with Crippen LogP contribution in [0.3, 0.4) is 0 Å². The third-order valence-electron chi connectivity index (χ3n) is 4.90. The molecule has 5 heteroatoms. The lowest BCUT2D eigenvalue weighted by Gasteiger charge is -2.20. The van der Waals surface area contributed by atoms with Gasteiger partial charge >= 0.3 is 0 Å². The summed E-state index contributed by atoms with van der Waals surface area (Å²) >= 11 is 0. The molecule has 1 heterocycles. The molecule has 136 valence electrons. The van der Waals surface area contributed by atoms with Gasteiger partial charge in [0.1, 0.15) is 5.76 Å². The molecule has 1 aliphatic rings. The van der Waals surface area contributed by atoms with E-state index >= 15 is 0 Å². The average Bonchev–Trinajstić information content (AvgIpc) is 3.22. The molecule has 0 aliphatic heterocycles. The largest absolute Gasteiger partial charge is 0.493 e. The van der Waals surface area contributed by atoms with Crippen molar-refractivity contribution in [2.75, 3.05) is 13.7 Å². The predicted molar refractivity (Wildman–Crippen MR) is 97.1 cm³/mol. The van der Waals surface area contributed by atoms with Crippen molar-refractivity contribution >= 4 is 0 Å². The van der Waals surface area contributed by atoms with Crippen LogP contribution in [0.1, 0.15) is 43.2 Å². The number of methoxy groups -OCH3 is 1. The van der Waals surface area contributed by atoms with Crippen LogP contribution in [0.2, 0.25) is 0 Å². The van der Waals surface area contributed by atoms with Crippen LogP contribution >= 0.6 is 0 Å². The summed E-state index contributed by atoms with van der Waals surface area (Å²) in [6.07, 6.45) is 4.68. The number of ether oxygens (including phenoxy) is 2. The molecule has 1 fully saturated rings. The van der Waals surface area contributed by atoms with Gasteiger partial charge in [0.25, 0.3) is 0 Å². The minimum absolute atomic E-state index is 0.517. The third kappa shape index (κ3) is 4.54. The average molecular weight is 344 g/mol. The lowest BCUT2D eigenvalue weighted by molar-refractivity contribution is 0.310. The van der Waals surface area contributed by atoms with E-state index in [1.54, 1.807) is 7.11 Å². The molecule has 0 saturated heterocycles. The van der Waals surface area contributed by atoms with E-state index in [1.165, 1.54) is 24.8 Å². The lowest BCUT2D eigenvalue weighted by atomic mass is 9.97. The summed E-state index contributed by atoms with van der Waals surface area (Å²) in [6.45, 7) is 5.42. The molecule has 0 radical (unpaired) electrons. The molecule has 2 atom stereocenters. The number of nitrogens with zero attached hydrogens (tertiary/aromatic N) is 1. The molecule has 0 spiro atoms. The molecular formula is C20H28N2O3. The molecular weight excluding hydrogens is 316 g/mol. The zero-order valence-electron chi connectivity index (χ0n) is 15.4. The van der Waals surface area contributed by atoms with E-state index in [9.17, 15) is 0 Å². The fraction of sp³-hybridized carbons (Fsp3) is 0.550. The molecule has 1 saturated carbocycles. The van der Waals surface area contributed by atoms with Gasteiger partial charge in [-0.1, -0.05) is 17.6 Å². The highest BCUT2D eigenvalue weighted by Gasteiger charge is 2.28. The zero-order chi connectivity index (χ0) is 17.6. The van der Waals surface area contributed by atoms with E-state index < -0.39 is 0 Å². The Hall–Kier alpha value is -2.01. The number of hydrogen-bond donors (Lipinski definition) is 1. The second kappa shape index (κ2) is 8.39. The van der Waals surface area contributed by atoms with Gasteiger partial charge in [0.15, 0.2) is 11.5 Å². The fourth-order valence-corrected chi connectivity index (χ4v) is 3.67. The molecule has 0 amide bonds. The van der Waals surface area contributed by atoms with Crippen LogP contribution in [0.5, 0.6) is 11.5 Å². The summed E-state index contributed by atoms with van der Waals surface area (Å²) < 4.78 is 16.4. The van der Waals surface area contributed by atoms with E-state index in [0.717, 1.165) is 35.9 Å². The van der Waals surface area contributed by atoms with Crippen LogP contribution in [0.15, 0.2) is 28.8 Å². The highest BCUT2D eigenvalue weighted by Crippen LogP contribution is 2.31. The highest BCUT2D eigenvalue weighted by atomic mass is 16.5. The maximum Gasteiger partial charge on any atom is 0.161 e. The standard InChI is InChI=1S/C20H28N2O3/c1-4-24-20-11-15(8-9-19(20)23-3)13-21-18-7-5-6-16(18)12-17-10-14(2)22-25-17/h8-11,16,18,21H,4-7,12-13H2,1-3H3/t16-,18+/m0/s1. The quantitative estimate of drug-likeness (QED) is 0.787. The fourth-order valence-electron chi connectivity index (χ4n) is 3.67. The first kappa shape index (κ1) is 17.8. The predicted octanol–water partition coefficient (Wildman–Crippen LogP) is 3.89. The molecule has 3 rings (SSSR count). The second-order valence-electron chi connectivity index (χ2n) is 6.74. The topological polar surface area (TPSA) is 56.5 Å². The molecule has 1 N–H and O–H groups in total. The Kier molecular flexibility index (Phi) is 5.97. The number of nitrogens with one attached hydrogen (secondary N) is 1. The monoisotopic (exact) mass is 344 g/mol. The van der Waals surface area contributed by atoms with Crippen molar-refractivity contribution in [3.05, 3.63) is 41.3 Å². The Balaban J connectivity index is 1.59. The van der Waals surface area contributed by atoms with E-state index in [4.69, 9.17) is 14.0 Å². The van der Waals surface area contributed by atoms with Crippen LogP contribution < -0.4 is 14.8 Å². The Morgan fingerprint density at radius 3 is 2.84 bits per heavy atom. The van der Waals surface area contributed by atoms with Gasteiger partial charge in [-0.25, -0.2) is 0 Å². The molecule has 25 heavy (non-hydrogen) atoms. The number of rotatable bonds is 8. The summed E-state index contributed by atoms with van der Waals surface area (Å²) in [5.74, 6) is 3.20. The molecule has 1 aromatic carbocycles. The Labute approximate surface area is 149 Å². The van der Waals surface area contributed by atoms with Crippen molar-refractivity contribution in [1.82, 2.24) is 10.5 Å². The van der Waals surface area contributed by atoms with Gasteiger partial charge in [0.2, 0.25) is 0 Å². The van der Waals surface area contributed by atoms with E-state index in [0.29, 0.717) is 18.6 Å². The Morgan fingerprint density at radius 1 is 1.24 bits per heavy atom. The molecule has 0 bridgehead atoms. The summed E-state index contributed by atoms with van der Waals surface area (Å²) in [4.78, 5) is 0. The normalized spacial score (nSPS) is 20.0. The lowest BCUT2D eigenvalue weighted by Crippen LogP contribution is -2.32. The van der Waals surface area contributed by atoms with Crippen molar-refractivity contribution in [3.63, 3.8) is 0 Å². The van der Waals surface area contributed by atoms with Gasteiger partial charge in [-0.3, -0.25) is 0 Å². The maximum absolute atomic E-state index is 5.67. The molecule has 1 aliphatic carbocycles. The Bertz CT molecular complexity index is 683. The minimum Gasteiger partial charge on any atom is -0.493 e. The van der Waals surface area contributed by atoms with Crippen LogP contribution in [0.4, 0.5) is 0 Å². The number of benzene rings is 1.